The summed E-state index contributed by atoms with van der Waals surface area (Å²) in [6.45, 7) is 13.3. The van der Waals surface area contributed by atoms with Gasteiger partial charge in [0.15, 0.2) is 0 Å². The van der Waals surface area contributed by atoms with E-state index in [1.54, 1.807) is 0 Å². The maximum absolute atomic E-state index is 11.5. The molecule has 0 aromatic heterocycles. The Morgan fingerprint density at radius 3 is 1.24 bits per heavy atom. The molecule has 8 aliphatic rings. The standard InChI is InChI=1S/2C24H40O5.Cu/c2*1-13(4-7-21(28)29)16-5-6-17-22-18(12-20(27)24(16,17)3)23(2)9-8-15(25)10-14(23)11-19(22)26;/h2*13-20,22,25-27H,4-12H2,1-3H3,(H,28,29);/q;;+2/p-2/t2*13-,14+,15-,16-,17?,18?,19-,20+,22?,23+,24-;/m11./s1. The maximum Gasteiger partial charge on any atom is 2.00 e. The zero-order valence-electron chi connectivity index (χ0n) is 36.7. The van der Waals surface area contributed by atoms with Crippen LogP contribution in [0, 0.1) is 92.7 Å². The second-order valence-electron chi connectivity index (χ2n) is 22.8. The van der Waals surface area contributed by atoms with Crippen LogP contribution in [0.3, 0.4) is 0 Å². The van der Waals surface area contributed by atoms with E-state index in [9.17, 15) is 50.4 Å². The van der Waals surface area contributed by atoms with Crippen LogP contribution in [-0.4, -0.2) is 79.2 Å². The molecule has 0 aromatic carbocycles. The number of aliphatic hydroxyl groups is 6. The van der Waals surface area contributed by atoms with E-state index in [1.165, 1.54) is 0 Å². The van der Waals surface area contributed by atoms with Crippen LogP contribution in [0.15, 0.2) is 0 Å². The monoisotopic (exact) mass is 877 g/mol. The Morgan fingerprint density at radius 2 is 0.898 bits per heavy atom. The van der Waals surface area contributed by atoms with Gasteiger partial charge in [0.2, 0.25) is 0 Å². The first kappa shape index (κ1) is 47.7. The third-order valence-electron chi connectivity index (χ3n) is 20.6. The number of rotatable bonds is 8. The summed E-state index contributed by atoms with van der Waals surface area (Å²) in [5, 5.41) is 87.7. The molecule has 341 valence electrons. The molecule has 0 bridgehead atoms. The second-order valence-corrected chi connectivity index (χ2v) is 22.8. The van der Waals surface area contributed by atoms with Gasteiger partial charge in [-0.1, -0.05) is 41.5 Å². The molecule has 0 saturated heterocycles. The summed E-state index contributed by atoms with van der Waals surface area (Å²) in [6.07, 6.45) is 11.4. The normalized spacial score (nSPS) is 52.0. The van der Waals surface area contributed by atoms with Gasteiger partial charge in [-0.2, -0.15) is 0 Å². The first-order chi connectivity index (χ1) is 27.2. The third-order valence-corrected chi connectivity index (χ3v) is 20.6. The molecule has 6 unspecified atom stereocenters. The summed E-state index contributed by atoms with van der Waals surface area (Å²) in [6, 6.07) is 0. The Bertz CT molecular complexity index is 1390. The van der Waals surface area contributed by atoms with Gasteiger partial charge in [-0.05, 0) is 208 Å². The Kier molecular flexibility index (Phi) is 14.3. The van der Waals surface area contributed by atoms with Gasteiger partial charge in [-0.25, -0.2) is 0 Å². The zero-order valence-corrected chi connectivity index (χ0v) is 37.7. The van der Waals surface area contributed by atoms with Gasteiger partial charge in [-0.3, -0.25) is 0 Å². The molecule has 0 amide bonds. The average Bonchev–Trinajstić information content (AvgIpc) is 3.70. The van der Waals surface area contributed by atoms with Crippen molar-refractivity contribution in [3.05, 3.63) is 0 Å². The molecular weight excluding hydrogens is 800 g/mol. The summed E-state index contributed by atoms with van der Waals surface area (Å²) in [5.41, 5.74) is -0.343. The minimum atomic E-state index is -0.998. The van der Waals surface area contributed by atoms with Crippen molar-refractivity contribution in [1.29, 1.82) is 0 Å². The molecule has 1 radical (unpaired) electrons. The minimum absolute atomic E-state index is 0. The topological polar surface area (TPSA) is 202 Å². The van der Waals surface area contributed by atoms with Gasteiger partial charge in [0, 0.05) is 11.9 Å². The van der Waals surface area contributed by atoms with E-state index >= 15 is 0 Å². The summed E-state index contributed by atoms with van der Waals surface area (Å²) in [7, 11) is 0. The molecule has 0 aliphatic heterocycles. The van der Waals surface area contributed by atoms with Crippen LogP contribution in [0.2, 0.25) is 0 Å². The van der Waals surface area contributed by atoms with E-state index in [4.69, 9.17) is 0 Å². The predicted molar refractivity (Wildman–Crippen MR) is 215 cm³/mol. The van der Waals surface area contributed by atoms with Crippen LogP contribution >= 0.6 is 0 Å². The van der Waals surface area contributed by atoms with Gasteiger partial charge in [0.1, 0.15) is 0 Å². The molecule has 11 heteroatoms. The van der Waals surface area contributed by atoms with Crippen molar-refractivity contribution >= 4 is 11.9 Å². The van der Waals surface area contributed by atoms with Crippen molar-refractivity contribution in [2.45, 2.75) is 194 Å². The minimum Gasteiger partial charge on any atom is -0.550 e. The number of aliphatic carboxylic acids is 2. The number of hydrogen-bond acceptors (Lipinski definition) is 10. The van der Waals surface area contributed by atoms with E-state index in [-0.39, 0.29) is 123 Å². The van der Waals surface area contributed by atoms with Gasteiger partial charge >= 0.3 is 17.1 Å². The largest absolute Gasteiger partial charge is 2.00 e. The van der Waals surface area contributed by atoms with Crippen LogP contribution in [0.1, 0.15) is 157 Å². The Morgan fingerprint density at radius 1 is 0.542 bits per heavy atom. The van der Waals surface area contributed by atoms with Crippen LogP contribution in [-0.2, 0) is 26.7 Å². The fourth-order valence-electron chi connectivity index (χ4n) is 17.4. The van der Waals surface area contributed by atoms with Crippen molar-refractivity contribution in [2.24, 2.45) is 92.7 Å². The number of carbonyl (C=O) groups excluding carboxylic acids is 2. The SMILES string of the molecule is C[C@H](CCC(=O)[O-])[C@H]1CCC2C3C(C[C@H](O)[C@@]21C)[C@@]1(C)CC[C@@H](O)C[C@H]1C[C@H]3O.C[C@H](CCC(=O)[O-])[C@H]1CCC2C3C(C[C@H](O)[C@@]21C)[C@@]1(C)CC[C@@H](O)C[C@H]1C[C@H]3O.[Cu+2]. The molecule has 22 atom stereocenters. The molecule has 8 saturated carbocycles. The van der Waals surface area contributed by atoms with Crippen LogP contribution in [0.4, 0.5) is 0 Å². The molecule has 59 heavy (non-hydrogen) atoms. The molecule has 0 aromatic rings. The Hall–Kier alpha value is -0.781. The second kappa shape index (κ2) is 17.7. The molecule has 8 rings (SSSR count). The molecule has 0 spiro atoms. The summed E-state index contributed by atoms with van der Waals surface area (Å²) >= 11 is 0. The number of hydrogen-bond donors (Lipinski definition) is 6. The van der Waals surface area contributed by atoms with Crippen LogP contribution < -0.4 is 10.2 Å². The summed E-state index contributed by atoms with van der Waals surface area (Å²) < 4.78 is 0. The molecule has 0 heterocycles. The van der Waals surface area contributed by atoms with Crippen LogP contribution in [0.25, 0.3) is 0 Å². The van der Waals surface area contributed by atoms with Gasteiger partial charge in [0.05, 0.1) is 36.6 Å². The van der Waals surface area contributed by atoms with Crippen molar-refractivity contribution in [1.82, 2.24) is 0 Å². The molecule has 8 fully saturated rings. The quantitative estimate of drug-likeness (QED) is 0.192. The maximum atomic E-state index is 11.5. The van der Waals surface area contributed by atoms with E-state index in [0.717, 1.165) is 89.9 Å². The van der Waals surface area contributed by atoms with Crippen molar-refractivity contribution in [3.63, 3.8) is 0 Å². The van der Waals surface area contributed by atoms with E-state index in [0.29, 0.717) is 36.5 Å². The van der Waals surface area contributed by atoms with Gasteiger partial charge in [-0.15, -0.1) is 0 Å². The molecule has 10 nitrogen and oxygen atoms in total. The van der Waals surface area contributed by atoms with Crippen LogP contribution in [0.5, 0.6) is 0 Å². The number of fused-ring (bicyclic) bond motifs is 10. The Labute approximate surface area is 364 Å². The van der Waals surface area contributed by atoms with E-state index in [1.807, 2.05) is 0 Å². The molecular formula is C48H78CuO10. The number of carboxylic acids is 2. The van der Waals surface area contributed by atoms with Crippen molar-refractivity contribution < 1.29 is 67.5 Å². The smallest absolute Gasteiger partial charge is 0.550 e. The predicted octanol–water partition coefficient (Wildman–Crippen LogP) is 4.23. The average molecular weight is 879 g/mol. The molecule has 6 N–H and O–H groups in total. The van der Waals surface area contributed by atoms with Gasteiger partial charge < -0.3 is 50.4 Å². The summed E-state index contributed by atoms with van der Waals surface area (Å²) in [5.74, 6) is 1.27. The number of carbonyl (C=O) groups is 2. The van der Waals surface area contributed by atoms with Gasteiger partial charge in [0.25, 0.3) is 0 Å². The Balaban J connectivity index is 0.000000195. The first-order valence-electron chi connectivity index (χ1n) is 23.7. The van der Waals surface area contributed by atoms with E-state index in [2.05, 4.69) is 41.5 Å². The third kappa shape index (κ3) is 8.05. The first-order valence-corrected chi connectivity index (χ1v) is 23.7. The zero-order chi connectivity index (χ0) is 42.3. The van der Waals surface area contributed by atoms with E-state index < -0.39 is 24.1 Å². The van der Waals surface area contributed by atoms with Crippen molar-refractivity contribution in [2.75, 3.05) is 0 Å². The number of aliphatic hydroxyl groups excluding tert-OH is 6. The van der Waals surface area contributed by atoms with Crippen molar-refractivity contribution in [3.8, 4) is 0 Å². The fourth-order valence-corrected chi connectivity index (χ4v) is 17.4. The fraction of sp³-hybridized carbons (Fsp3) is 0.958. The number of carboxylic acid groups (broad SMARTS) is 2. The summed E-state index contributed by atoms with van der Waals surface area (Å²) in [4.78, 5) is 21.9. The molecule has 8 aliphatic carbocycles.